The predicted molar refractivity (Wildman–Crippen MR) is 142 cm³/mol. The highest BCUT2D eigenvalue weighted by Gasteiger charge is 2.30. The molecule has 2 aromatic heterocycles. The summed E-state index contributed by atoms with van der Waals surface area (Å²) in [4.78, 5) is 35.7. The summed E-state index contributed by atoms with van der Waals surface area (Å²) in [6.07, 6.45) is 5.19. The number of imidazole rings is 1. The van der Waals surface area contributed by atoms with Gasteiger partial charge in [-0.3, -0.25) is 14.6 Å². The van der Waals surface area contributed by atoms with Crippen molar-refractivity contribution in [2.24, 2.45) is 5.92 Å². The first kappa shape index (κ1) is 25.3. The molecule has 7 nitrogen and oxygen atoms in total. The summed E-state index contributed by atoms with van der Waals surface area (Å²) in [6.45, 7) is 3.33. The molecule has 38 heavy (non-hydrogen) atoms. The zero-order valence-electron chi connectivity index (χ0n) is 21.0. The summed E-state index contributed by atoms with van der Waals surface area (Å²) < 4.78 is 28.6. The molecule has 1 unspecified atom stereocenters. The molecule has 1 aliphatic carbocycles. The Hall–Kier alpha value is -4.40. The quantitative estimate of drug-likeness (QED) is 0.232. The SMILES string of the molecule is CC(=O)Nc1cc(NC=O)ccc1-c1nc(C(CC2CC2)c2ccc(-c3c(F)cccc3F)cn2)[nH]c1C. The van der Waals surface area contributed by atoms with E-state index in [2.05, 4.69) is 20.6 Å². The molecule has 0 aliphatic heterocycles. The largest absolute Gasteiger partial charge is 0.345 e. The average Bonchev–Trinajstić information content (AvgIpc) is 3.63. The van der Waals surface area contributed by atoms with Crippen LogP contribution in [0.1, 0.15) is 49.3 Å². The highest BCUT2D eigenvalue weighted by molar-refractivity contribution is 5.95. The van der Waals surface area contributed by atoms with Crippen LogP contribution < -0.4 is 10.6 Å². The molecule has 5 rings (SSSR count). The molecule has 2 amide bonds. The van der Waals surface area contributed by atoms with E-state index in [0.717, 1.165) is 36.5 Å². The Bertz CT molecular complexity index is 1480. The van der Waals surface area contributed by atoms with Gasteiger partial charge in [-0.05, 0) is 55.7 Å². The van der Waals surface area contributed by atoms with E-state index in [1.54, 1.807) is 30.3 Å². The number of carbonyl (C=O) groups is 2. The Morgan fingerprint density at radius 1 is 1.16 bits per heavy atom. The van der Waals surface area contributed by atoms with Crippen molar-refractivity contribution in [2.75, 3.05) is 10.6 Å². The zero-order valence-corrected chi connectivity index (χ0v) is 21.0. The molecule has 0 saturated heterocycles. The summed E-state index contributed by atoms with van der Waals surface area (Å²) in [7, 11) is 0. The fraction of sp³-hybridized carbons (Fsp3) is 0.241. The number of nitrogens with zero attached hydrogens (tertiary/aromatic N) is 2. The maximum absolute atomic E-state index is 14.3. The lowest BCUT2D eigenvalue weighted by molar-refractivity contribution is -0.114. The summed E-state index contributed by atoms with van der Waals surface area (Å²) in [5, 5.41) is 5.41. The number of hydrogen-bond donors (Lipinski definition) is 3. The number of rotatable bonds is 9. The van der Waals surface area contributed by atoms with E-state index in [1.807, 2.05) is 6.92 Å². The lowest BCUT2D eigenvalue weighted by Crippen LogP contribution is -2.08. The first-order chi connectivity index (χ1) is 18.3. The lowest BCUT2D eigenvalue weighted by Gasteiger charge is -2.15. The van der Waals surface area contributed by atoms with Crippen LogP contribution in [0.2, 0.25) is 0 Å². The molecular formula is C29H27F2N5O2. The fourth-order valence-corrected chi connectivity index (χ4v) is 4.70. The van der Waals surface area contributed by atoms with E-state index in [0.29, 0.717) is 40.5 Å². The smallest absolute Gasteiger partial charge is 0.221 e. The monoisotopic (exact) mass is 515 g/mol. The molecular weight excluding hydrogens is 488 g/mol. The second-order valence-corrected chi connectivity index (χ2v) is 9.60. The van der Waals surface area contributed by atoms with Crippen LogP contribution in [-0.4, -0.2) is 27.3 Å². The minimum atomic E-state index is -0.635. The number of aryl methyl sites for hydroxylation is 1. The van der Waals surface area contributed by atoms with Crippen LogP contribution in [0.4, 0.5) is 20.2 Å². The predicted octanol–water partition coefficient (Wildman–Crippen LogP) is 6.18. The third kappa shape index (κ3) is 5.32. The number of H-pyrrole nitrogens is 1. The fourth-order valence-electron chi connectivity index (χ4n) is 4.70. The number of aromatic nitrogens is 3. The number of hydrogen-bond acceptors (Lipinski definition) is 4. The Labute approximate surface area is 218 Å². The van der Waals surface area contributed by atoms with Crippen LogP contribution >= 0.6 is 0 Å². The van der Waals surface area contributed by atoms with E-state index in [1.165, 1.54) is 31.3 Å². The second-order valence-electron chi connectivity index (χ2n) is 9.60. The van der Waals surface area contributed by atoms with Crippen molar-refractivity contribution in [3.8, 4) is 22.4 Å². The van der Waals surface area contributed by atoms with Gasteiger partial charge in [-0.25, -0.2) is 13.8 Å². The lowest BCUT2D eigenvalue weighted by atomic mass is 9.96. The number of benzene rings is 2. The molecule has 1 fully saturated rings. The number of nitrogens with one attached hydrogen (secondary N) is 3. The average molecular weight is 516 g/mol. The van der Waals surface area contributed by atoms with E-state index in [9.17, 15) is 18.4 Å². The number of halogens is 2. The van der Waals surface area contributed by atoms with Gasteiger partial charge in [0.1, 0.15) is 17.5 Å². The van der Waals surface area contributed by atoms with Crippen molar-refractivity contribution >= 4 is 23.7 Å². The molecule has 0 radical (unpaired) electrons. The van der Waals surface area contributed by atoms with Crippen molar-refractivity contribution in [1.82, 2.24) is 15.0 Å². The van der Waals surface area contributed by atoms with Crippen LogP contribution in [-0.2, 0) is 9.59 Å². The number of carbonyl (C=O) groups excluding carboxylic acids is 2. The standard InChI is InChI=1S/C29H27F2N5O2/c1-16-28(21-10-9-20(33-15-37)13-26(21)35-17(2)38)36-29(34-16)22(12-18-6-7-18)25-11-8-19(14-32-25)27-23(30)4-3-5-24(27)31/h3-5,8-11,13-15,18,22H,6-7,12H2,1-2H3,(H,33,37)(H,34,36)(H,35,38). The highest BCUT2D eigenvalue weighted by Crippen LogP contribution is 2.42. The van der Waals surface area contributed by atoms with Crippen LogP contribution in [0.25, 0.3) is 22.4 Å². The molecule has 194 valence electrons. The van der Waals surface area contributed by atoms with Crippen molar-refractivity contribution in [3.63, 3.8) is 0 Å². The van der Waals surface area contributed by atoms with E-state index < -0.39 is 11.6 Å². The van der Waals surface area contributed by atoms with Gasteiger partial charge in [-0.2, -0.15) is 0 Å². The second kappa shape index (κ2) is 10.5. The number of pyridine rings is 1. The van der Waals surface area contributed by atoms with E-state index in [-0.39, 0.29) is 17.4 Å². The van der Waals surface area contributed by atoms with Gasteiger partial charge in [0.2, 0.25) is 12.3 Å². The first-order valence-electron chi connectivity index (χ1n) is 12.4. The summed E-state index contributed by atoms with van der Waals surface area (Å²) in [5.74, 6) is -0.372. The van der Waals surface area contributed by atoms with Gasteiger partial charge in [0, 0.05) is 35.6 Å². The van der Waals surface area contributed by atoms with Gasteiger partial charge < -0.3 is 15.6 Å². The molecule has 0 bridgehead atoms. The van der Waals surface area contributed by atoms with Crippen molar-refractivity contribution in [2.45, 2.75) is 39.0 Å². The first-order valence-corrected chi connectivity index (χ1v) is 12.4. The van der Waals surface area contributed by atoms with Crippen molar-refractivity contribution < 1.29 is 18.4 Å². The number of anilines is 2. The summed E-state index contributed by atoms with van der Waals surface area (Å²) in [6, 6.07) is 12.5. The molecule has 1 atom stereocenters. The zero-order chi connectivity index (χ0) is 26.8. The Morgan fingerprint density at radius 3 is 2.55 bits per heavy atom. The third-order valence-electron chi connectivity index (χ3n) is 6.70. The van der Waals surface area contributed by atoms with Gasteiger partial charge in [0.25, 0.3) is 0 Å². The summed E-state index contributed by atoms with van der Waals surface area (Å²) in [5.41, 5.74) is 4.29. The molecule has 2 aromatic carbocycles. The normalized spacial score (nSPS) is 13.7. The maximum Gasteiger partial charge on any atom is 0.221 e. The molecule has 2 heterocycles. The van der Waals surface area contributed by atoms with Gasteiger partial charge in [-0.15, -0.1) is 0 Å². The molecule has 1 saturated carbocycles. The molecule has 9 heteroatoms. The van der Waals surface area contributed by atoms with Crippen LogP contribution in [0, 0.1) is 24.5 Å². The topological polar surface area (TPSA) is 99.8 Å². The third-order valence-corrected chi connectivity index (χ3v) is 6.70. The highest BCUT2D eigenvalue weighted by atomic mass is 19.1. The number of amides is 2. The number of aromatic amines is 1. The molecule has 4 aromatic rings. The van der Waals surface area contributed by atoms with Gasteiger partial charge in [0.05, 0.1) is 28.6 Å². The van der Waals surface area contributed by atoms with E-state index in [4.69, 9.17) is 4.98 Å². The van der Waals surface area contributed by atoms with Crippen molar-refractivity contribution in [3.05, 3.63) is 83.6 Å². The Balaban J connectivity index is 1.51. The van der Waals surface area contributed by atoms with Gasteiger partial charge in [-0.1, -0.05) is 25.0 Å². The van der Waals surface area contributed by atoms with Crippen LogP contribution in [0.3, 0.4) is 0 Å². The van der Waals surface area contributed by atoms with Gasteiger partial charge in [0.15, 0.2) is 0 Å². The molecule has 3 N–H and O–H groups in total. The van der Waals surface area contributed by atoms with Crippen LogP contribution in [0.5, 0.6) is 0 Å². The Morgan fingerprint density at radius 2 is 1.92 bits per heavy atom. The molecule has 1 aliphatic rings. The minimum absolute atomic E-state index is 0.0977. The van der Waals surface area contributed by atoms with Crippen LogP contribution in [0.15, 0.2) is 54.7 Å². The molecule has 0 spiro atoms. The maximum atomic E-state index is 14.3. The minimum Gasteiger partial charge on any atom is -0.345 e. The van der Waals surface area contributed by atoms with E-state index >= 15 is 0 Å². The van der Waals surface area contributed by atoms with Crippen molar-refractivity contribution in [1.29, 1.82) is 0 Å². The Kier molecular flexibility index (Phi) is 7.00. The summed E-state index contributed by atoms with van der Waals surface area (Å²) >= 11 is 0. The van der Waals surface area contributed by atoms with Gasteiger partial charge >= 0.3 is 0 Å².